The SMILES string of the molecule is Cc1ccc(C)c(NC(=O)C(C)Sc2nc(CN3CCOCC3)nc3ccccc23)c1. The van der Waals surface area contributed by atoms with Gasteiger partial charge in [-0.1, -0.05) is 42.1 Å². The van der Waals surface area contributed by atoms with Crippen LogP contribution >= 0.6 is 11.8 Å². The minimum absolute atomic E-state index is 0.0314. The maximum Gasteiger partial charge on any atom is 0.237 e. The summed E-state index contributed by atoms with van der Waals surface area (Å²) < 4.78 is 5.44. The number of hydrogen-bond acceptors (Lipinski definition) is 6. The van der Waals surface area contributed by atoms with Gasteiger partial charge in [0.2, 0.25) is 5.91 Å². The zero-order valence-corrected chi connectivity index (χ0v) is 19.0. The fourth-order valence-corrected chi connectivity index (χ4v) is 4.50. The van der Waals surface area contributed by atoms with E-state index in [1.165, 1.54) is 11.8 Å². The van der Waals surface area contributed by atoms with E-state index in [0.717, 1.165) is 64.9 Å². The number of carbonyl (C=O) groups is 1. The van der Waals surface area contributed by atoms with Crippen LogP contribution in [0.25, 0.3) is 10.9 Å². The van der Waals surface area contributed by atoms with Gasteiger partial charge in [0.15, 0.2) is 0 Å². The van der Waals surface area contributed by atoms with Gasteiger partial charge in [0.1, 0.15) is 10.9 Å². The van der Waals surface area contributed by atoms with Crippen LogP contribution in [0.2, 0.25) is 0 Å². The number of aromatic nitrogens is 2. The first-order valence-corrected chi connectivity index (χ1v) is 11.5. The predicted molar refractivity (Wildman–Crippen MR) is 125 cm³/mol. The molecule has 1 N–H and O–H groups in total. The maximum absolute atomic E-state index is 12.9. The lowest BCUT2D eigenvalue weighted by Crippen LogP contribution is -2.36. The van der Waals surface area contributed by atoms with Crippen LogP contribution in [0.5, 0.6) is 0 Å². The monoisotopic (exact) mass is 436 g/mol. The van der Waals surface area contributed by atoms with Crippen molar-refractivity contribution in [2.75, 3.05) is 31.6 Å². The average molecular weight is 437 g/mol. The number of benzene rings is 2. The molecule has 1 saturated heterocycles. The molecule has 0 saturated carbocycles. The van der Waals surface area contributed by atoms with Gasteiger partial charge in [-0.2, -0.15) is 0 Å². The van der Waals surface area contributed by atoms with Crippen LogP contribution in [0.3, 0.4) is 0 Å². The molecule has 6 nitrogen and oxygen atoms in total. The zero-order chi connectivity index (χ0) is 21.8. The number of hydrogen-bond donors (Lipinski definition) is 1. The summed E-state index contributed by atoms with van der Waals surface area (Å²) in [6.45, 7) is 9.88. The number of aryl methyl sites for hydroxylation is 2. The highest BCUT2D eigenvalue weighted by molar-refractivity contribution is 8.00. The lowest BCUT2D eigenvalue weighted by atomic mass is 10.1. The van der Waals surface area contributed by atoms with Crippen molar-refractivity contribution in [2.24, 2.45) is 0 Å². The van der Waals surface area contributed by atoms with Gasteiger partial charge in [-0.15, -0.1) is 0 Å². The average Bonchev–Trinajstić information content (AvgIpc) is 2.77. The number of nitrogens with one attached hydrogen (secondary N) is 1. The highest BCUT2D eigenvalue weighted by atomic mass is 32.2. The largest absolute Gasteiger partial charge is 0.379 e. The van der Waals surface area contributed by atoms with Crippen LogP contribution in [0.4, 0.5) is 5.69 Å². The third-order valence-corrected chi connectivity index (χ3v) is 6.49. The third-order valence-electron chi connectivity index (χ3n) is 5.39. The van der Waals surface area contributed by atoms with Crippen LogP contribution in [-0.4, -0.2) is 52.3 Å². The molecule has 31 heavy (non-hydrogen) atoms. The Morgan fingerprint density at radius 3 is 2.74 bits per heavy atom. The molecule has 1 aliphatic rings. The fraction of sp³-hybridized carbons (Fsp3) is 0.375. The Labute approximate surface area is 187 Å². The van der Waals surface area contributed by atoms with E-state index in [1.807, 2.05) is 63.2 Å². The van der Waals surface area contributed by atoms with Crippen LogP contribution in [-0.2, 0) is 16.1 Å². The molecule has 2 heterocycles. The molecule has 0 aliphatic carbocycles. The normalized spacial score (nSPS) is 15.7. The number of para-hydroxylation sites is 1. The second kappa shape index (κ2) is 9.77. The van der Waals surface area contributed by atoms with Crippen molar-refractivity contribution >= 4 is 34.3 Å². The molecule has 0 spiro atoms. The van der Waals surface area contributed by atoms with Crippen molar-refractivity contribution in [3.63, 3.8) is 0 Å². The number of thioether (sulfide) groups is 1. The van der Waals surface area contributed by atoms with Crippen molar-refractivity contribution < 1.29 is 9.53 Å². The van der Waals surface area contributed by atoms with Gasteiger partial charge in [-0.05, 0) is 44.0 Å². The van der Waals surface area contributed by atoms with Crippen LogP contribution in [0, 0.1) is 13.8 Å². The van der Waals surface area contributed by atoms with E-state index in [4.69, 9.17) is 14.7 Å². The summed E-state index contributed by atoms with van der Waals surface area (Å²) in [5, 5.41) is 4.60. The second-order valence-corrected chi connectivity index (χ2v) is 9.25. The number of carbonyl (C=O) groups excluding carboxylic acids is 1. The summed E-state index contributed by atoms with van der Waals surface area (Å²) in [5.41, 5.74) is 3.94. The van der Waals surface area contributed by atoms with Gasteiger partial charge in [0.25, 0.3) is 0 Å². The van der Waals surface area contributed by atoms with Crippen molar-refractivity contribution in [1.82, 2.24) is 14.9 Å². The van der Waals surface area contributed by atoms with Gasteiger partial charge < -0.3 is 10.1 Å². The summed E-state index contributed by atoms with van der Waals surface area (Å²) in [5.74, 6) is 0.751. The van der Waals surface area contributed by atoms with Gasteiger partial charge in [-0.25, -0.2) is 9.97 Å². The van der Waals surface area contributed by atoms with E-state index < -0.39 is 0 Å². The summed E-state index contributed by atoms with van der Waals surface area (Å²) in [7, 11) is 0. The molecule has 1 atom stereocenters. The van der Waals surface area contributed by atoms with Gasteiger partial charge >= 0.3 is 0 Å². The molecule has 162 valence electrons. The van der Waals surface area contributed by atoms with E-state index >= 15 is 0 Å². The molecule has 1 aromatic heterocycles. The Morgan fingerprint density at radius 1 is 1.16 bits per heavy atom. The summed E-state index contributed by atoms with van der Waals surface area (Å²) in [6.07, 6.45) is 0. The van der Waals surface area contributed by atoms with E-state index in [-0.39, 0.29) is 11.2 Å². The molecule has 1 unspecified atom stereocenters. The number of fused-ring (bicyclic) bond motifs is 1. The molecule has 0 radical (unpaired) electrons. The van der Waals surface area contributed by atoms with Crippen LogP contribution in [0.15, 0.2) is 47.5 Å². The van der Waals surface area contributed by atoms with Crippen molar-refractivity contribution in [1.29, 1.82) is 0 Å². The molecule has 7 heteroatoms. The lowest BCUT2D eigenvalue weighted by molar-refractivity contribution is -0.115. The smallest absolute Gasteiger partial charge is 0.237 e. The van der Waals surface area contributed by atoms with E-state index in [1.54, 1.807) is 0 Å². The molecular weight excluding hydrogens is 408 g/mol. The molecular formula is C24H28N4O2S. The van der Waals surface area contributed by atoms with Crippen molar-refractivity contribution in [3.8, 4) is 0 Å². The lowest BCUT2D eigenvalue weighted by Gasteiger charge is -2.26. The molecule has 1 fully saturated rings. The first-order chi connectivity index (χ1) is 15.0. The zero-order valence-electron chi connectivity index (χ0n) is 18.2. The number of anilines is 1. The van der Waals surface area contributed by atoms with E-state index in [9.17, 15) is 4.79 Å². The third kappa shape index (κ3) is 5.42. The second-order valence-electron chi connectivity index (χ2n) is 7.92. The fourth-order valence-electron chi connectivity index (χ4n) is 3.54. The highest BCUT2D eigenvalue weighted by Crippen LogP contribution is 2.30. The standard InChI is InChI=1S/C24H28N4O2S/c1-16-8-9-17(2)21(14-16)26-23(29)18(3)31-24-19-6-4-5-7-20(19)25-22(27-24)15-28-10-12-30-13-11-28/h4-9,14,18H,10-13,15H2,1-3H3,(H,26,29). The number of morpholine rings is 1. The summed E-state index contributed by atoms with van der Waals surface area (Å²) in [6, 6.07) is 14.1. The highest BCUT2D eigenvalue weighted by Gasteiger charge is 2.20. The first kappa shape index (κ1) is 21.7. The Bertz CT molecular complexity index is 1080. The minimum Gasteiger partial charge on any atom is -0.379 e. The summed E-state index contributed by atoms with van der Waals surface area (Å²) in [4.78, 5) is 24.8. The molecule has 0 bridgehead atoms. The van der Waals surface area contributed by atoms with Crippen molar-refractivity contribution in [3.05, 3.63) is 59.4 Å². The first-order valence-electron chi connectivity index (χ1n) is 10.6. The Balaban J connectivity index is 1.54. The van der Waals surface area contributed by atoms with Gasteiger partial charge in [0, 0.05) is 24.2 Å². The summed E-state index contributed by atoms with van der Waals surface area (Å²) >= 11 is 1.48. The Kier molecular flexibility index (Phi) is 6.85. The van der Waals surface area contributed by atoms with E-state index in [0.29, 0.717) is 6.54 Å². The maximum atomic E-state index is 12.9. The minimum atomic E-state index is -0.297. The Hall–Kier alpha value is -2.48. The topological polar surface area (TPSA) is 67.4 Å². The number of rotatable bonds is 6. The van der Waals surface area contributed by atoms with Gasteiger partial charge in [0.05, 0.1) is 30.5 Å². The number of nitrogens with zero attached hydrogens (tertiary/aromatic N) is 3. The molecule has 4 rings (SSSR count). The van der Waals surface area contributed by atoms with Gasteiger partial charge in [-0.3, -0.25) is 9.69 Å². The van der Waals surface area contributed by atoms with E-state index in [2.05, 4.69) is 10.2 Å². The molecule has 1 aliphatic heterocycles. The quantitative estimate of drug-likeness (QED) is 0.461. The van der Waals surface area contributed by atoms with Crippen molar-refractivity contribution in [2.45, 2.75) is 37.6 Å². The predicted octanol–water partition coefficient (Wildman–Crippen LogP) is 4.20. The molecule has 2 aromatic carbocycles. The Morgan fingerprint density at radius 2 is 1.94 bits per heavy atom. The molecule has 1 amide bonds. The number of amides is 1. The van der Waals surface area contributed by atoms with Crippen LogP contribution < -0.4 is 5.32 Å². The molecule has 3 aromatic rings. The van der Waals surface area contributed by atoms with Crippen LogP contribution in [0.1, 0.15) is 23.9 Å². The number of ether oxygens (including phenoxy) is 1.